The maximum atomic E-state index is 4.26. The van der Waals surface area contributed by atoms with Gasteiger partial charge >= 0.3 is 0 Å². The Kier molecular flexibility index (Phi) is 2.91. The summed E-state index contributed by atoms with van der Waals surface area (Å²) in [6.45, 7) is 6.22. The van der Waals surface area contributed by atoms with Crippen molar-refractivity contribution in [2.24, 2.45) is 0 Å². The normalized spacial score (nSPS) is 10.2. The largest absolute Gasteiger partial charge is 0.354 e. The summed E-state index contributed by atoms with van der Waals surface area (Å²) in [4.78, 5) is 4.26. The van der Waals surface area contributed by atoms with E-state index in [0.717, 1.165) is 17.1 Å². The Hall–Kier alpha value is -1.83. The molecule has 0 aliphatic heterocycles. The van der Waals surface area contributed by atoms with Crippen molar-refractivity contribution in [2.75, 3.05) is 5.32 Å². The molecule has 2 heteroatoms. The topological polar surface area (TPSA) is 24.9 Å². The maximum absolute atomic E-state index is 4.26. The second-order valence-electron chi connectivity index (χ2n) is 4.08. The molecule has 1 heterocycles. The van der Waals surface area contributed by atoms with Gasteiger partial charge in [0.1, 0.15) is 0 Å². The van der Waals surface area contributed by atoms with Gasteiger partial charge in [-0.2, -0.15) is 0 Å². The molecule has 2 nitrogen and oxygen atoms in total. The van der Waals surface area contributed by atoms with Crippen molar-refractivity contribution in [1.82, 2.24) is 4.98 Å². The first-order valence-corrected chi connectivity index (χ1v) is 5.43. The van der Waals surface area contributed by atoms with Crippen LogP contribution in [-0.4, -0.2) is 4.98 Å². The zero-order valence-electron chi connectivity index (χ0n) is 9.91. The number of anilines is 2. The second kappa shape index (κ2) is 4.35. The highest BCUT2D eigenvalue weighted by atomic mass is 14.9. The van der Waals surface area contributed by atoms with Gasteiger partial charge in [0, 0.05) is 11.9 Å². The maximum Gasteiger partial charge on any atom is 0.0607 e. The summed E-state index contributed by atoms with van der Waals surface area (Å²) in [5.41, 5.74) is 5.76. The third-order valence-electron chi connectivity index (χ3n) is 2.66. The third kappa shape index (κ3) is 2.22. The van der Waals surface area contributed by atoms with Crippen LogP contribution in [0, 0.1) is 20.8 Å². The molecule has 0 saturated carbocycles. The molecule has 2 rings (SSSR count). The van der Waals surface area contributed by atoms with E-state index in [1.165, 1.54) is 11.1 Å². The number of hydrogen-bond acceptors (Lipinski definition) is 2. The van der Waals surface area contributed by atoms with Gasteiger partial charge < -0.3 is 5.32 Å². The Morgan fingerprint density at radius 1 is 1.00 bits per heavy atom. The minimum absolute atomic E-state index is 1.02. The van der Waals surface area contributed by atoms with Gasteiger partial charge in [0.05, 0.1) is 11.4 Å². The quantitative estimate of drug-likeness (QED) is 0.820. The van der Waals surface area contributed by atoms with Gasteiger partial charge in [0.15, 0.2) is 0 Å². The van der Waals surface area contributed by atoms with Crippen LogP contribution in [0.25, 0.3) is 0 Å². The molecule has 0 aliphatic rings. The first-order valence-electron chi connectivity index (χ1n) is 5.43. The summed E-state index contributed by atoms with van der Waals surface area (Å²) in [5.74, 6) is 0. The van der Waals surface area contributed by atoms with Crippen molar-refractivity contribution in [3.05, 3.63) is 53.3 Å². The lowest BCUT2D eigenvalue weighted by Crippen LogP contribution is -1.96. The fraction of sp³-hybridized carbons (Fsp3) is 0.214. The average molecular weight is 212 g/mol. The first-order chi connectivity index (χ1) is 7.66. The summed E-state index contributed by atoms with van der Waals surface area (Å²) >= 11 is 0. The van der Waals surface area contributed by atoms with Crippen LogP contribution >= 0.6 is 0 Å². The number of benzene rings is 1. The van der Waals surface area contributed by atoms with E-state index >= 15 is 0 Å². The van der Waals surface area contributed by atoms with E-state index in [-0.39, 0.29) is 0 Å². The monoisotopic (exact) mass is 212 g/mol. The van der Waals surface area contributed by atoms with E-state index in [4.69, 9.17) is 0 Å². The molecule has 0 atom stereocenters. The van der Waals surface area contributed by atoms with Crippen LogP contribution in [0.15, 0.2) is 36.5 Å². The Labute approximate surface area is 96.4 Å². The minimum Gasteiger partial charge on any atom is -0.354 e. The van der Waals surface area contributed by atoms with Crippen molar-refractivity contribution in [2.45, 2.75) is 20.8 Å². The molecule has 16 heavy (non-hydrogen) atoms. The van der Waals surface area contributed by atoms with Gasteiger partial charge in [-0.15, -0.1) is 0 Å². The van der Waals surface area contributed by atoms with Crippen LogP contribution in [0.4, 0.5) is 11.4 Å². The van der Waals surface area contributed by atoms with Gasteiger partial charge in [0.25, 0.3) is 0 Å². The number of hydrogen-bond donors (Lipinski definition) is 1. The number of nitrogens with zero attached hydrogens (tertiary/aromatic N) is 1. The molecule has 82 valence electrons. The molecule has 0 spiro atoms. The van der Waals surface area contributed by atoms with Gasteiger partial charge in [-0.1, -0.05) is 17.7 Å². The van der Waals surface area contributed by atoms with E-state index in [1.54, 1.807) is 0 Å². The lowest BCUT2D eigenvalue weighted by atomic mass is 10.1. The fourth-order valence-corrected chi connectivity index (χ4v) is 1.72. The van der Waals surface area contributed by atoms with Crippen molar-refractivity contribution >= 4 is 11.4 Å². The van der Waals surface area contributed by atoms with Crippen molar-refractivity contribution < 1.29 is 0 Å². The highest BCUT2D eigenvalue weighted by Crippen LogP contribution is 2.22. The van der Waals surface area contributed by atoms with Crippen LogP contribution < -0.4 is 5.32 Å². The molecular formula is C14H16N2. The highest BCUT2D eigenvalue weighted by Gasteiger charge is 2.01. The fourth-order valence-electron chi connectivity index (χ4n) is 1.72. The zero-order chi connectivity index (χ0) is 11.5. The SMILES string of the molecule is Cc1ccc(Nc2cccnc2C)c(C)c1. The summed E-state index contributed by atoms with van der Waals surface area (Å²) in [6.07, 6.45) is 1.81. The van der Waals surface area contributed by atoms with Gasteiger partial charge in [-0.05, 0) is 44.5 Å². The summed E-state index contributed by atoms with van der Waals surface area (Å²) in [6, 6.07) is 10.4. The van der Waals surface area contributed by atoms with Crippen molar-refractivity contribution in [1.29, 1.82) is 0 Å². The van der Waals surface area contributed by atoms with E-state index in [2.05, 4.69) is 42.3 Å². The Morgan fingerprint density at radius 3 is 2.50 bits per heavy atom. The number of aryl methyl sites for hydroxylation is 3. The first kappa shape index (κ1) is 10.7. The standard InChI is InChI=1S/C14H16N2/c1-10-6-7-13(11(2)9-10)16-14-5-4-8-15-12(14)3/h4-9,16H,1-3H3. The summed E-state index contributed by atoms with van der Waals surface area (Å²) < 4.78 is 0. The van der Waals surface area contributed by atoms with Crippen LogP contribution in [0.1, 0.15) is 16.8 Å². The number of rotatable bonds is 2. The lowest BCUT2D eigenvalue weighted by Gasteiger charge is -2.11. The molecule has 1 N–H and O–H groups in total. The summed E-state index contributed by atoms with van der Waals surface area (Å²) in [5, 5.41) is 3.41. The molecule has 0 aliphatic carbocycles. The summed E-state index contributed by atoms with van der Waals surface area (Å²) in [7, 11) is 0. The molecule has 0 bridgehead atoms. The predicted octanol–water partition coefficient (Wildman–Crippen LogP) is 3.75. The predicted molar refractivity (Wildman–Crippen MR) is 68.2 cm³/mol. The van der Waals surface area contributed by atoms with Gasteiger partial charge in [0.2, 0.25) is 0 Å². The van der Waals surface area contributed by atoms with E-state index < -0.39 is 0 Å². The lowest BCUT2D eigenvalue weighted by molar-refractivity contribution is 1.20. The number of pyridine rings is 1. The second-order valence-corrected chi connectivity index (χ2v) is 4.08. The van der Waals surface area contributed by atoms with Crippen LogP contribution in [0.5, 0.6) is 0 Å². The molecular weight excluding hydrogens is 196 g/mol. The molecule has 0 radical (unpaired) electrons. The molecule has 0 unspecified atom stereocenters. The molecule has 0 amide bonds. The Bertz CT molecular complexity index is 504. The molecule has 2 aromatic rings. The zero-order valence-corrected chi connectivity index (χ0v) is 9.91. The average Bonchev–Trinajstić information content (AvgIpc) is 2.25. The molecule has 0 fully saturated rings. The minimum atomic E-state index is 1.02. The van der Waals surface area contributed by atoms with Crippen LogP contribution in [0.2, 0.25) is 0 Å². The molecule has 1 aromatic carbocycles. The van der Waals surface area contributed by atoms with Crippen LogP contribution in [-0.2, 0) is 0 Å². The highest BCUT2D eigenvalue weighted by molar-refractivity contribution is 5.64. The molecule has 0 saturated heterocycles. The van der Waals surface area contributed by atoms with Gasteiger partial charge in [-0.3, -0.25) is 4.98 Å². The number of aromatic nitrogens is 1. The smallest absolute Gasteiger partial charge is 0.0607 e. The van der Waals surface area contributed by atoms with E-state index in [1.807, 2.05) is 25.3 Å². The molecule has 1 aromatic heterocycles. The van der Waals surface area contributed by atoms with Crippen molar-refractivity contribution in [3.63, 3.8) is 0 Å². The number of nitrogens with one attached hydrogen (secondary N) is 1. The third-order valence-corrected chi connectivity index (χ3v) is 2.66. The van der Waals surface area contributed by atoms with Crippen molar-refractivity contribution in [3.8, 4) is 0 Å². The van der Waals surface area contributed by atoms with E-state index in [0.29, 0.717) is 0 Å². The van der Waals surface area contributed by atoms with Crippen LogP contribution in [0.3, 0.4) is 0 Å². The van der Waals surface area contributed by atoms with E-state index in [9.17, 15) is 0 Å². The van der Waals surface area contributed by atoms with Gasteiger partial charge in [-0.25, -0.2) is 0 Å². The Balaban J connectivity index is 2.31. The Morgan fingerprint density at radius 2 is 1.81 bits per heavy atom.